The lowest BCUT2D eigenvalue weighted by Crippen LogP contribution is -2.26. The van der Waals surface area contributed by atoms with Crippen LogP contribution in [0.4, 0.5) is 0 Å². The number of benzene rings is 2. The van der Waals surface area contributed by atoms with Crippen LogP contribution in [-0.2, 0) is 24.4 Å². The number of carboxylic acid groups (broad SMARTS) is 1. The van der Waals surface area contributed by atoms with Crippen molar-refractivity contribution in [3.05, 3.63) is 102 Å². The summed E-state index contributed by atoms with van der Waals surface area (Å²) >= 11 is 1.35. The van der Waals surface area contributed by atoms with E-state index in [1.165, 1.54) is 11.8 Å². The summed E-state index contributed by atoms with van der Waals surface area (Å²) in [6.45, 7) is 7.60. The van der Waals surface area contributed by atoms with Crippen molar-refractivity contribution in [1.29, 1.82) is 0 Å². The van der Waals surface area contributed by atoms with Gasteiger partial charge in [-0.3, -0.25) is 9.69 Å². The van der Waals surface area contributed by atoms with Crippen molar-refractivity contribution < 1.29 is 14.3 Å². The Morgan fingerprint density at radius 2 is 1.76 bits per heavy atom. The molecule has 2 heterocycles. The van der Waals surface area contributed by atoms with Crippen LogP contribution in [-0.4, -0.2) is 30.5 Å². The zero-order chi connectivity index (χ0) is 24.1. The van der Waals surface area contributed by atoms with Crippen LogP contribution in [0.25, 0.3) is 5.69 Å². The molecule has 176 valence electrons. The van der Waals surface area contributed by atoms with E-state index in [4.69, 9.17) is 9.52 Å². The van der Waals surface area contributed by atoms with E-state index in [9.17, 15) is 9.90 Å². The number of aryl methyl sites for hydroxylation is 1. The Labute approximate surface area is 204 Å². The fraction of sp³-hybridized carbons (Fsp3) is 0.259. The maximum absolute atomic E-state index is 11.4. The summed E-state index contributed by atoms with van der Waals surface area (Å²) in [6.07, 6.45) is 3.79. The van der Waals surface area contributed by atoms with E-state index in [1.807, 2.05) is 66.2 Å². The van der Waals surface area contributed by atoms with Gasteiger partial charge in [0.15, 0.2) is 0 Å². The molecule has 1 N–H and O–H groups in total. The first-order chi connectivity index (χ1) is 16.3. The molecule has 0 saturated heterocycles. The van der Waals surface area contributed by atoms with Crippen LogP contribution in [0, 0.1) is 6.92 Å². The Morgan fingerprint density at radius 3 is 2.41 bits per heavy atom. The van der Waals surface area contributed by atoms with Crippen molar-refractivity contribution >= 4 is 17.7 Å². The van der Waals surface area contributed by atoms with Gasteiger partial charge in [-0.1, -0.05) is 30.3 Å². The molecule has 0 atom stereocenters. The Hall–Kier alpha value is -3.29. The van der Waals surface area contributed by atoms with Gasteiger partial charge in [0.05, 0.1) is 24.2 Å². The Kier molecular flexibility index (Phi) is 7.24. The minimum Gasteiger partial charge on any atom is -0.480 e. The Bertz CT molecular complexity index is 1220. The maximum atomic E-state index is 11.4. The molecule has 0 unspecified atom stereocenters. The Balaban J connectivity index is 1.51. The molecule has 0 aliphatic rings. The quantitative estimate of drug-likeness (QED) is 0.287. The standard InChI is InChI=1S/C27H29N3O3S/c1-20-22(18-30(28-20)23-8-5-4-6-9-23)17-29(19-24-10-7-15-33-24)16-21-11-13-25(14-12-21)34-27(2,3)26(31)32/h4-15,18H,16-17,19H2,1-3H3,(H,31,32). The van der Waals surface area contributed by atoms with Gasteiger partial charge in [0.1, 0.15) is 10.5 Å². The molecule has 4 rings (SSSR count). The van der Waals surface area contributed by atoms with Crippen molar-refractivity contribution in [2.75, 3.05) is 0 Å². The van der Waals surface area contributed by atoms with E-state index in [1.54, 1.807) is 20.1 Å². The number of aromatic nitrogens is 2. The maximum Gasteiger partial charge on any atom is 0.319 e. The molecule has 4 aromatic rings. The van der Waals surface area contributed by atoms with Crippen LogP contribution in [0.3, 0.4) is 0 Å². The van der Waals surface area contributed by atoms with E-state index in [0.29, 0.717) is 6.54 Å². The molecule has 6 nitrogen and oxygen atoms in total. The third-order valence-corrected chi connectivity index (χ3v) is 6.79. The predicted molar refractivity (Wildman–Crippen MR) is 134 cm³/mol. The lowest BCUT2D eigenvalue weighted by Gasteiger charge is -2.22. The fourth-order valence-electron chi connectivity index (χ4n) is 3.65. The second-order valence-corrected chi connectivity index (χ2v) is 10.5. The second kappa shape index (κ2) is 10.3. The highest BCUT2D eigenvalue weighted by atomic mass is 32.2. The first-order valence-electron chi connectivity index (χ1n) is 11.2. The molecule has 34 heavy (non-hydrogen) atoms. The molecule has 0 fully saturated rings. The summed E-state index contributed by atoms with van der Waals surface area (Å²) in [5.74, 6) is 0.0844. The van der Waals surface area contributed by atoms with Gasteiger partial charge in [-0.25, -0.2) is 4.68 Å². The summed E-state index contributed by atoms with van der Waals surface area (Å²) in [5, 5.41) is 14.1. The number of furan rings is 1. The van der Waals surface area contributed by atoms with Gasteiger partial charge in [-0.2, -0.15) is 5.10 Å². The number of thioether (sulfide) groups is 1. The topological polar surface area (TPSA) is 71.5 Å². The molecule has 0 spiro atoms. The van der Waals surface area contributed by atoms with E-state index >= 15 is 0 Å². The zero-order valence-electron chi connectivity index (χ0n) is 19.6. The summed E-state index contributed by atoms with van der Waals surface area (Å²) in [6, 6.07) is 22.1. The molecular formula is C27H29N3O3S. The molecule has 2 aromatic heterocycles. The fourth-order valence-corrected chi connectivity index (χ4v) is 4.60. The lowest BCUT2D eigenvalue weighted by molar-refractivity contribution is -0.138. The highest BCUT2D eigenvalue weighted by molar-refractivity contribution is 8.01. The van der Waals surface area contributed by atoms with E-state index in [2.05, 4.69) is 23.2 Å². The Morgan fingerprint density at radius 1 is 1.03 bits per heavy atom. The minimum absolute atomic E-state index is 0.672. The van der Waals surface area contributed by atoms with Crippen LogP contribution in [0.5, 0.6) is 0 Å². The molecule has 2 aromatic carbocycles. The first-order valence-corrected chi connectivity index (χ1v) is 12.0. The molecule has 0 saturated carbocycles. The summed E-state index contributed by atoms with van der Waals surface area (Å²) in [5.41, 5.74) is 4.34. The number of nitrogens with zero attached hydrogens (tertiary/aromatic N) is 3. The van der Waals surface area contributed by atoms with Gasteiger partial charge in [0, 0.05) is 29.7 Å². The summed E-state index contributed by atoms with van der Waals surface area (Å²) < 4.78 is 6.67. The van der Waals surface area contributed by atoms with Gasteiger partial charge in [-0.05, 0) is 62.7 Å². The smallest absolute Gasteiger partial charge is 0.319 e. The largest absolute Gasteiger partial charge is 0.480 e. The van der Waals surface area contributed by atoms with E-state index in [-0.39, 0.29) is 0 Å². The second-order valence-electron chi connectivity index (χ2n) is 8.81. The average Bonchev–Trinajstić information content (AvgIpc) is 3.45. The predicted octanol–water partition coefficient (Wildman–Crippen LogP) is 5.93. The molecule has 0 aliphatic carbocycles. The summed E-state index contributed by atoms with van der Waals surface area (Å²) in [7, 11) is 0. The van der Waals surface area contributed by atoms with E-state index < -0.39 is 10.7 Å². The number of aliphatic carboxylic acids is 1. The minimum atomic E-state index is -0.872. The molecule has 0 aliphatic heterocycles. The van der Waals surface area contributed by atoms with Crippen molar-refractivity contribution in [2.45, 2.75) is 50.0 Å². The lowest BCUT2D eigenvalue weighted by atomic mass is 10.2. The highest BCUT2D eigenvalue weighted by Crippen LogP contribution is 2.33. The number of para-hydroxylation sites is 1. The normalized spacial score (nSPS) is 11.8. The third-order valence-electron chi connectivity index (χ3n) is 5.59. The number of carbonyl (C=O) groups is 1. The molecule has 0 bridgehead atoms. The summed E-state index contributed by atoms with van der Waals surface area (Å²) in [4.78, 5) is 14.7. The number of hydrogen-bond acceptors (Lipinski definition) is 5. The van der Waals surface area contributed by atoms with Gasteiger partial charge in [-0.15, -0.1) is 11.8 Å². The van der Waals surface area contributed by atoms with Crippen LogP contribution in [0.2, 0.25) is 0 Å². The molecule has 0 radical (unpaired) electrons. The number of rotatable bonds is 10. The van der Waals surface area contributed by atoms with Gasteiger partial charge in [0.2, 0.25) is 0 Å². The molecule has 0 amide bonds. The van der Waals surface area contributed by atoms with Gasteiger partial charge >= 0.3 is 5.97 Å². The van der Waals surface area contributed by atoms with Gasteiger partial charge < -0.3 is 9.52 Å². The SMILES string of the molecule is Cc1nn(-c2ccccc2)cc1CN(Cc1ccc(SC(C)(C)C(=O)O)cc1)Cc1ccco1. The monoisotopic (exact) mass is 475 g/mol. The van der Waals surface area contributed by atoms with E-state index in [0.717, 1.165) is 46.3 Å². The average molecular weight is 476 g/mol. The van der Waals surface area contributed by atoms with Crippen molar-refractivity contribution in [3.8, 4) is 5.69 Å². The van der Waals surface area contributed by atoms with Crippen LogP contribution >= 0.6 is 11.8 Å². The first kappa shape index (κ1) is 23.9. The number of carboxylic acids is 1. The molecular weight excluding hydrogens is 446 g/mol. The highest BCUT2D eigenvalue weighted by Gasteiger charge is 2.28. The third kappa shape index (κ3) is 5.98. The van der Waals surface area contributed by atoms with Crippen LogP contribution in [0.1, 0.15) is 36.4 Å². The van der Waals surface area contributed by atoms with Gasteiger partial charge in [0.25, 0.3) is 0 Å². The van der Waals surface area contributed by atoms with Crippen molar-refractivity contribution in [1.82, 2.24) is 14.7 Å². The zero-order valence-corrected chi connectivity index (χ0v) is 20.5. The van der Waals surface area contributed by atoms with Crippen LogP contribution in [0.15, 0.2) is 88.5 Å². The van der Waals surface area contributed by atoms with Crippen molar-refractivity contribution in [3.63, 3.8) is 0 Å². The van der Waals surface area contributed by atoms with Crippen LogP contribution < -0.4 is 0 Å². The van der Waals surface area contributed by atoms with Crippen molar-refractivity contribution in [2.24, 2.45) is 0 Å². The number of hydrogen-bond donors (Lipinski definition) is 1. The molecule has 7 heteroatoms.